The first-order valence-corrected chi connectivity index (χ1v) is 8.19. The van der Waals surface area contributed by atoms with E-state index in [1.54, 1.807) is 24.3 Å². The zero-order chi connectivity index (χ0) is 18.6. The SMILES string of the molecule is COc1ccc(C)cc1C(=O)O[C@@H](C)C(=O)Nc1ccc(Cl)cc1Cl. The summed E-state index contributed by atoms with van der Waals surface area (Å²) in [5, 5.41) is 3.34. The third kappa shape index (κ3) is 4.87. The van der Waals surface area contributed by atoms with Gasteiger partial charge in [-0.1, -0.05) is 34.8 Å². The number of amides is 1. The van der Waals surface area contributed by atoms with Gasteiger partial charge in [-0.3, -0.25) is 4.79 Å². The molecule has 0 saturated carbocycles. The molecule has 0 spiro atoms. The van der Waals surface area contributed by atoms with Crippen molar-refractivity contribution in [1.82, 2.24) is 0 Å². The predicted octanol–water partition coefficient (Wildman–Crippen LogP) is 4.49. The number of methoxy groups -OCH3 is 1. The van der Waals surface area contributed by atoms with E-state index in [1.807, 2.05) is 13.0 Å². The quantitative estimate of drug-likeness (QED) is 0.774. The van der Waals surface area contributed by atoms with E-state index in [4.69, 9.17) is 32.7 Å². The number of aryl methyl sites for hydroxylation is 1. The summed E-state index contributed by atoms with van der Waals surface area (Å²) in [4.78, 5) is 24.6. The predicted molar refractivity (Wildman–Crippen MR) is 97.7 cm³/mol. The number of hydrogen-bond acceptors (Lipinski definition) is 4. The molecule has 0 radical (unpaired) electrons. The van der Waals surface area contributed by atoms with Gasteiger partial charge < -0.3 is 14.8 Å². The Bertz CT molecular complexity index is 808. The Morgan fingerprint density at radius 1 is 1.12 bits per heavy atom. The number of ether oxygens (including phenoxy) is 2. The molecule has 132 valence electrons. The van der Waals surface area contributed by atoms with Gasteiger partial charge in [-0.25, -0.2) is 4.79 Å². The number of benzene rings is 2. The van der Waals surface area contributed by atoms with Crippen molar-refractivity contribution in [3.05, 3.63) is 57.6 Å². The van der Waals surface area contributed by atoms with Crippen LogP contribution in [-0.4, -0.2) is 25.1 Å². The molecule has 0 heterocycles. The number of nitrogens with one attached hydrogen (secondary N) is 1. The van der Waals surface area contributed by atoms with Gasteiger partial charge in [-0.15, -0.1) is 0 Å². The first kappa shape index (κ1) is 19.1. The summed E-state index contributed by atoms with van der Waals surface area (Å²) in [5.41, 5.74) is 1.51. The summed E-state index contributed by atoms with van der Waals surface area (Å²) in [6.07, 6.45) is -1.02. The van der Waals surface area contributed by atoms with E-state index in [0.717, 1.165) is 5.56 Å². The molecule has 2 rings (SSSR count). The Labute approximate surface area is 155 Å². The van der Waals surface area contributed by atoms with Gasteiger partial charge in [-0.2, -0.15) is 0 Å². The molecule has 25 heavy (non-hydrogen) atoms. The van der Waals surface area contributed by atoms with Crippen molar-refractivity contribution in [2.75, 3.05) is 12.4 Å². The minimum absolute atomic E-state index is 0.256. The normalized spacial score (nSPS) is 11.6. The maximum Gasteiger partial charge on any atom is 0.342 e. The van der Waals surface area contributed by atoms with Crippen molar-refractivity contribution >= 4 is 40.8 Å². The molecule has 2 aromatic rings. The van der Waals surface area contributed by atoms with Crippen molar-refractivity contribution < 1.29 is 19.1 Å². The maximum atomic E-state index is 12.3. The van der Waals surface area contributed by atoms with E-state index in [9.17, 15) is 9.59 Å². The van der Waals surface area contributed by atoms with E-state index in [2.05, 4.69) is 5.32 Å². The number of hydrogen-bond donors (Lipinski definition) is 1. The molecule has 0 saturated heterocycles. The lowest BCUT2D eigenvalue weighted by Crippen LogP contribution is -2.30. The van der Waals surface area contributed by atoms with E-state index < -0.39 is 18.0 Å². The van der Waals surface area contributed by atoms with Gasteiger partial charge in [0, 0.05) is 5.02 Å². The largest absolute Gasteiger partial charge is 0.496 e. The van der Waals surface area contributed by atoms with Crippen molar-refractivity contribution in [3.8, 4) is 5.75 Å². The minimum Gasteiger partial charge on any atom is -0.496 e. The highest BCUT2D eigenvalue weighted by molar-refractivity contribution is 6.36. The van der Waals surface area contributed by atoms with Crippen molar-refractivity contribution in [3.63, 3.8) is 0 Å². The molecule has 0 aliphatic carbocycles. The van der Waals surface area contributed by atoms with Crippen LogP contribution in [-0.2, 0) is 9.53 Å². The second kappa shape index (κ2) is 8.23. The fourth-order valence-corrected chi connectivity index (χ4v) is 2.54. The average molecular weight is 382 g/mol. The maximum absolute atomic E-state index is 12.3. The molecule has 0 aliphatic heterocycles. The molecule has 2 aromatic carbocycles. The Morgan fingerprint density at radius 2 is 1.84 bits per heavy atom. The highest BCUT2D eigenvalue weighted by atomic mass is 35.5. The van der Waals surface area contributed by atoms with Crippen LogP contribution in [0.2, 0.25) is 10.0 Å². The monoisotopic (exact) mass is 381 g/mol. The smallest absolute Gasteiger partial charge is 0.342 e. The third-order valence-corrected chi connectivity index (χ3v) is 3.96. The summed E-state index contributed by atoms with van der Waals surface area (Å²) < 4.78 is 10.4. The lowest BCUT2D eigenvalue weighted by molar-refractivity contribution is -0.123. The number of anilines is 1. The number of carbonyl (C=O) groups excluding carboxylic acids is 2. The molecule has 0 bridgehead atoms. The summed E-state index contributed by atoms with van der Waals surface area (Å²) >= 11 is 11.8. The standard InChI is InChI=1S/C18H17Cl2NO4/c1-10-4-7-16(24-3)13(8-10)18(23)25-11(2)17(22)21-15-6-5-12(19)9-14(15)20/h4-9,11H,1-3H3,(H,21,22)/t11-/m0/s1. The van der Waals surface area contributed by atoms with Gasteiger partial charge in [-0.05, 0) is 44.2 Å². The van der Waals surface area contributed by atoms with Crippen molar-refractivity contribution in [2.24, 2.45) is 0 Å². The highest BCUT2D eigenvalue weighted by Gasteiger charge is 2.22. The van der Waals surface area contributed by atoms with Gasteiger partial charge in [0.2, 0.25) is 0 Å². The number of halogens is 2. The Balaban J connectivity index is 2.08. The van der Waals surface area contributed by atoms with Gasteiger partial charge in [0.15, 0.2) is 6.10 Å². The van der Waals surface area contributed by atoms with Crippen LogP contribution in [0.1, 0.15) is 22.8 Å². The molecular weight excluding hydrogens is 365 g/mol. The van der Waals surface area contributed by atoms with Gasteiger partial charge in [0.1, 0.15) is 11.3 Å². The van der Waals surface area contributed by atoms with Crippen LogP contribution in [0.25, 0.3) is 0 Å². The topological polar surface area (TPSA) is 64.6 Å². The lowest BCUT2D eigenvalue weighted by Gasteiger charge is -2.15. The van der Waals surface area contributed by atoms with Gasteiger partial charge >= 0.3 is 5.97 Å². The third-order valence-electron chi connectivity index (χ3n) is 3.42. The van der Waals surface area contributed by atoms with Crippen LogP contribution in [0, 0.1) is 6.92 Å². The summed E-state index contributed by atoms with van der Waals surface area (Å²) in [6, 6.07) is 9.80. The van der Waals surface area contributed by atoms with E-state index in [-0.39, 0.29) is 5.56 Å². The Morgan fingerprint density at radius 3 is 2.48 bits per heavy atom. The molecule has 0 aliphatic rings. The van der Waals surface area contributed by atoms with Crippen LogP contribution < -0.4 is 10.1 Å². The van der Waals surface area contributed by atoms with Gasteiger partial charge in [0.25, 0.3) is 5.91 Å². The fraction of sp³-hybridized carbons (Fsp3) is 0.222. The molecule has 0 unspecified atom stereocenters. The van der Waals surface area contributed by atoms with Crippen molar-refractivity contribution in [1.29, 1.82) is 0 Å². The molecule has 7 heteroatoms. The van der Waals surface area contributed by atoms with E-state index in [1.165, 1.54) is 20.1 Å². The number of esters is 1. The first-order valence-electron chi connectivity index (χ1n) is 7.43. The fourth-order valence-electron chi connectivity index (χ4n) is 2.08. The van der Waals surface area contributed by atoms with Gasteiger partial charge in [0.05, 0.1) is 17.8 Å². The van der Waals surface area contributed by atoms with E-state index in [0.29, 0.717) is 21.5 Å². The molecule has 1 atom stereocenters. The number of carbonyl (C=O) groups is 2. The van der Waals surface area contributed by atoms with Crippen LogP contribution in [0.4, 0.5) is 5.69 Å². The molecule has 5 nitrogen and oxygen atoms in total. The zero-order valence-electron chi connectivity index (χ0n) is 13.9. The molecule has 1 amide bonds. The molecule has 1 N–H and O–H groups in total. The van der Waals surface area contributed by atoms with Crippen molar-refractivity contribution in [2.45, 2.75) is 20.0 Å². The summed E-state index contributed by atoms with van der Waals surface area (Å²) in [7, 11) is 1.46. The van der Waals surface area contributed by atoms with E-state index >= 15 is 0 Å². The highest BCUT2D eigenvalue weighted by Crippen LogP contribution is 2.26. The molecule has 0 aromatic heterocycles. The van der Waals surface area contributed by atoms with Crippen LogP contribution in [0.5, 0.6) is 5.75 Å². The average Bonchev–Trinajstić information content (AvgIpc) is 2.57. The second-order valence-corrected chi connectivity index (χ2v) is 6.21. The van der Waals surface area contributed by atoms with Crippen LogP contribution >= 0.6 is 23.2 Å². The Kier molecular flexibility index (Phi) is 6.28. The lowest BCUT2D eigenvalue weighted by atomic mass is 10.1. The first-order chi connectivity index (χ1) is 11.8. The molecule has 0 fully saturated rings. The van der Waals surface area contributed by atoms with Crippen LogP contribution in [0.15, 0.2) is 36.4 Å². The van der Waals surface area contributed by atoms with Crippen LogP contribution in [0.3, 0.4) is 0 Å². The Hall–Kier alpha value is -2.24. The summed E-state index contributed by atoms with van der Waals surface area (Å²) in [5.74, 6) is -0.779. The summed E-state index contributed by atoms with van der Waals surface area (Å²) in [6.45, 7) is 3.31. The zero-order valence-corrected chi connectivity index (χ0v) is 15.4. The second-order valence-electron chi connectivity index (χ2n) is 5.36. The molecular formula is C18H17Cl2NO4. The minimum atomic E-state index is -1.02. The number of rotatable bonds is 5.